The van der Waals surface area contributed by atoms with E-state index in [-0.39, 0.29) is 5.41 Å². The van der Waals surface area contributed by atoms with Crippen LogP contribution in [0.1, 0.15) is 44.8 Å². The predicted molar refractivity (Wildman–Crippen MR) is 67.3 cm³/mol. The highest BCUT2D eigenvalue weighted by Crippen LogP contribution is 2.25. The Morgan fingerprint density at radius 3 is 2.64 bits per heavy atom. The SMILES string of the molecule is CCCSCc1nc(C(C)(C)C)cs1. The van der Waals surface area contributed by atoms with Gasteiger partial charge in [-0.15, -0.1) is 11.3 Å². The number of hydrogen-bond acceptors (Lipinski definition) is 3. The first kappa shape index (κ1) is 12.1. The van der Waals surface area contributed by atoms with Crippen molar-refractivity contribution in [2.45, 2.75) is 45.3 Å². The van der Waals surface area contributed by atoms with Gasteiger partial charge in [-0.3, -0.25) is 0 Å². The van der Waals surface area contributed by atoms with Crippen molar-refractivity contribution in [2.24, 2.45) is 0 Å². The molecule has 0 bridgehead atoms. The third-order valence-electron chi connectivity index (χ3n) is 1.89. The van der Waals surface area contributed by atoms with Gasteiger partial charge in [-0.1, -0.05) is 27.7 Å². The number of thiazole rings is 1. The Balaban J connectivity index is 2.51. The van der Waals surface area contributed by atoms with Gasteiger partial charge in [0.25, 0.3) is 0 Å². The lowest BCUT2D eigenvalue weighted by Crippen LogP contribution is -2.11. The smallest absolute Gasteiger partial charge is 0.103 e. The van der Waals surface area contributed by atoms with Crippen LogP contribution in [0.15, 0.2) is 5.38 Å². The normalized spacial score (nSPS) is 12.0. The van der Waals surface area contributed by atoms with Crippen molar-refractivity contribution in [1.29, 1.82) is 0 Å². The van der Waals surface area contributed by atoms with Gasteiger partial charge >= 0.3 is 0 Å². The summed E-state index contributed by atoms with van der Waals surface area (Å²) in [6.45, 7) is 8.86. The first-order chi connectivity index (χ1) is 6.54. The molecule has 1 aromatic rings. The molecule has 0 aromatic carbocycles. The minimum Gasteiger partial charge on any atom is -0.245 e. The summed E-state index contributed by atoms with van der Waals surface area (Å²) in [6.07, 6.45) is 1.25. The second kappa shape index (κ2) is 5.17. The number of thioether (sulfide) groups is 1. The Bertz CT molecular complexity index is 273. The molecule has 1 rings (SSSR count). The van der Waals surface area contributed by atoms with E-state index in [0.717, 1.165) is 5.75 Å². The zero-order chi connectivity index (χ0) is 10.6. The van der Waals surface area contributed by atoms with E-state index < -0.39 is 0 Å². The fourth-order valence-corrected chi connectivity index (χ4v) is 3.02. The van der Waals surface area contributed by atoms with Gasteiger partial charge in [-0.2, -0.15) is 11.8 Å². The van der Waals surface area contributed by atoms with Gasteiger partial charge in [0, 0.05) is 16.5 Å². The molecule has 1 aromatic heterocycles. The molecule has 0 aliphatic carbocycles. The predicted octanol–water partition coefficient (Wildman–Crippen LogP) is 4.08. The van der Waals surface area contributed by atoms with Gasteiger partial charge in [0.1, 0.15) is 5.01 Å². The van der Waals surface area contributed by atoms with Gasteiger partial charge in [0.15, 0.2) is 0 Å². The van der Waals surface area contributed by atoms with Crippen molar-refractivity contribution in [2.75, 3.05) is 5.75 Å². The van der Waals surface area contributed by atoms with Crippen molar-refractivity contribution >= 4 is 23.1 Å². The molecular formula is C11H19NS2. The molecule has 0 N–H and O–H groups in total. The molecule has 0 atom stereocenters. The molecule has 0 radical (unpaired) electrons. The fourth-order valence-electron chi connectivity index (χ4n) is 1.03. The van der Waals surface area contributed by atoms with Crippen molar-refractivity contribution in [3.05, 3.63) is 16.1 Å². The van der Waals surface area contributed by atoms with Gasteiger partial charge in [0.2, 0.25) is 0 Å². The second-order valence-corrected chi connectivity index (χ2v) is 6.48. The number of hydrogen-bond donors (Lipinski definition) is 0. The van der Waals surface area contributed by atoms with Crippen LogP contribution in [-0.2, 0) is 11.2 Å². The Morgan fingerprint density at radius 1 is 1.43 bits per heavy atom. The molecule has 3 heteroatoms. The van der Waals surface area contributed by atoms with Gasteiger partial charge in [0.05, 0.1) is 5.69 Å². The molecular weight excluding hydrogens is 210 g/mol. The summed E-state index contributed by atoms with van der Waals surface area (Å²) < 4.78 is 0. The van der Waals surface area contributed by atoms with Crippen LogP contribution in [0, 0.1) is 0 Å². The Labute approximate surface area is 95.3 Å². The summed E-state index contributed by atoms with van der Waals surface area (Å²) in [5.41, 5.74) is 1.43. The van der Waals surface area contributed by atoms with Gasteiger partial charge in [-0.25, -0.2) is 4.98 Å². The van der Waals surface area contributed by atoms with Crippen LogP contribution in [0.5, 0.6) is 0 Å². The molecule has 1 nitrogen and oxygen atoms in total. The van der Waals surface area contributed by atoms with E-state index in [1.807, 2.05) is 11.8 Å². The molecule has 14 heavy (non-hydrogen) atoms. The van der Waals surface area contributed by atoms with Gasteiger partial charge < -0.3 is 0 Å². The monoisotopic (exact) mass is 229 g/mol. The highest BCUT2D eigenvalue weighted by atomic mass is 32.2. The quantitative estimate of drug-likeness (QED) is 0.721. The van der Waals surface area contributed by atoms with Crippen LogP contribution < -0.4 is 0 Å². The lowest BCUT2D eigenvalue weighted by molar-refractivity contribution is 0.572. The van der Waals surface area contributed by atoms with Crippen molar-refractivity contribution in [3.8, 4) is 0 Å². The maximum Gasteiger partial charge on any atom is 0.103 e. The van der Waals surface area contributed by atoms with Crippen molar-refractivity contribution < 1.29 is 0 Å². The lowest BCUT2D eigenvalue weighted by Gasteiger charge is -2.14. The zero-order valence-electron chi connectivity index (χ0n) is 9.46. The van der Waals surface area contributed by atoms with E-state index in [4.69, 9.17) is 0 Å². The molecule has 0 amide bonds. The fraction of sp³-hybridized carbons (Fsp3) is 0.727. The Hall–Kier alpha value is -0.0200. The number of nitrogens with zero attached hydrogens (tertiary/aromatic N) is 1. The first-order valence-electron chi connectivity index (χ1n) is 5.06. The standard InChI is InChI=1S/C11H19NS2/c1-5-6-13-8-10-12-9(7-14-10)11(2,3)4/h7H,5-6,8H2,1-4H3. The summed E-state index contributed by atoms with van der Waals surface area (Å²) in [4.78, 5) is 4.65. The van der Waals surface area contributed by atoms with Crippen LogP contribution in [0.3, 0.4) is 0 Å². The molecule has 0 saturated heterocycles. The lowest BCUT2D eigenvalue weighted by atomic mass is 9.93. The molecule has 0 spiro atoms. The van der Waals surface area contributed by atoms with E-state index in [1.165, 1.54) is 22.9 Å². The third kappa shape index (κ3) is 3.62. The van der Waals surface area contributed by atoms with Crippen LogP contribution >= 0.6 is 23.1 Å². The third-order valence-corrected chi connectivity index (χ3v) is 4.10. The Kier molecular flexibility index (Phi) is 4.45. The zero-order valence-corrected chi connectivity index (χ0v) is 11.1. The van der Waals surface area contributed by atoms with E-state index in [0.29, 0.717) is 0 Å². The minimum absolute atomic E-state index is 0.199. The summed E-state index contributed by atoms with van der Waals surface area (Å²) in [6, 6.07) is 0. The molecule has 0 fully saturated rings. The second-order valence-electron chi connectivity index (χ2n) is 4.43. The number of rotatable bonds is 4. The van der Waals surface area contributed by atoms with Crippen LogP contribution in [0.4, 0.5) is 0 Å². The molecule has 80 valence electrons. The molecule has 0 saturated carbocycles. The van der Waals surface area contributed by atoms with Crippen molar-refractivity contribution in [1.82, 2.24) is 4.98 Å². The van der Waals surface area contributed by atoms with Gasteiger partial charge in [-0.05, 0) is 12.2 Å². The highest BCUT2D eigenvalue weighted by Gasteiger charge is 2.16. The largest absolute Gasteiger partial charge is 0.245 e. The average Bonchev–Trinajstić information content (AvgIpc) is 2.52. The topological polar surface area (TPSA) is 12.9 Å². The molecule has 0 unspecified atom stereocenters. The molecule has 1 heterocycles. The maximum atomic E-state index is 4.65. The average molecular weight is 229 g/mol. The molecule has 0 aliphatic rings. The number of aromatic nitrogens is 1. The van der Waals surface area contributed by atoms with Crippen LogP contribution in [0.25, 0.3) is 0 Å². The van der Waals surface area contributed by atoms with Crippen molar-refractivity contribution in [3.63, 3.8) is 0 Å². The highest BCUT2D eigenvalue weighted by molar-refractivity contribution is 7.98. The summed E-state index contributed by atoms with van der Waals surface area (Å²) in [5, 5.41) is 3.47. The summed E-state index contributed by atoms with van der Waals surface area (Å²) in [5.74, 6) is 2.32. The molecule has 0 aliphatic heterocycles. The maximum absolute atomic E-state index is 4.65. The summed E-state index contributed by atoms with van der Waals surface area (Å²) >= 11 is 3.77. The minimum atomic E-state index is 0.199. The van der Waals surface area contributed by atoms with E-state index in [9.17, 15) is 0 Å². The van der Waals surface area contributed by atoms with E-state index in [1.54, 1.807) is 11.3 Å². The van der Waals surface area contributed by atoms with E-state index >= 15 is 0 Å². The van der Waals surface area contributed by atoms with Crippen LogP contribution in [-0.4, -0.2) is 10.7 Å². The Morgan fingerprint density at radius 2 is 2.14 bits per heavy atom. The summed E-state index contributed by atoms with van der Waals surface area (Å²) in [7, 11) is 0. The van der Waals surface area contributed by atoms with E-state index in [2.05, 4.69) is 38.1 Å². The first-order valence-corrected chi connectivity index (χ1v) is 7.10. The van der Waals surface area contributed by atoms with Crippen LogP contribution in [0.2, 0.25) is 0 Å².